The van der Waals surface area contributed by atoms with Crippen molar-refractivity contribution in [1.29, 1.82) is 0 Å². The van der Waals surface area contributed by atoms with Gasteiger partial charge in [-0.25, -0.2) is 4.79 Å². The van der Waals surface area contributed by atoms with Crippen molar-refractivity contribution in [2.75, 3.05) is 32.3 Å². The average molecular weight is 284 g/mol. The van der Waals surface area contributed by atoms with Gasteiger partial charge in [0.25, 0.3) is 0 Å². The Labute approximate surface area is 118 Å². The molecule has 0 saturated heterocycles. The summed E-state index contributed by atoms with van der Waals surface area (Å²) >= 11 is 1.77. The van der Waals surface area contributed by atoms with E-state index >= 15 is 0 Å². The van der Waals surface area contributed by atoms with E-state index in [4.69, 9.17) is 4.74 Å². The van der Waals surface area contributed by atoms with Crippen LogP contribution in [0.3, 0.4) is 0 Å². The third kappa shape index (κ3) is 4.31. The van der Waals surface area contributed by atoms with Crippen LogP contribution >= 0.6 is 11.8 Å². The van der Waals surface area contributed by atoms with E-state index in [0.29, 0.717) is 11.4 Å². The van der Waals surface area contributed by atoms with E-state index in [0.717, 1.165) is 6.54 Å². The summed E-state index contributed by atoms with van der Waals surface area (Å²) in [5.41, 5.74) is 0.319. The van der Waals surface area contributed by atoms with Crippen LogP contribution in [0, 0.1) is 0 Å². The van der Waals surface area contributed by atoms with Crippen LogP contribution in [-0.2, 0) is 4.74 Å². The molecule has 0 amide bonds. The van der Waals surface area contributed by atoms with E-state index in [1.54, 1.807) is 23.9 Å². The van der Waals surface area contributed by atoms with E-state index < -0.39 is 5.97 Å². The van der Waals surface area contributed by atoms with Crippen LogP contribution in [0.5, 0.6) is 5.88 Å². The number of hydrogen-bond donors (Lipinski definition) is 1. The highest BCUT2D eigenvalue weighted by Crippen LogP contribution is 2.23. The first-order chi connectivity index (χ1) is 8.93. The number of aromatic nitrogens is 1. The molecule has 1 heterocycles. The summed E-state index contributed by atoms with van der Waals surface area (Å²) in [6.45, 7) is 5.05. The number of rotatable bonds is 6. The smallest absolute Gasteiger partial charge is 0.343 e. The predicted molar refractivity (Wildman–Crippen MR) is 78.2 cm³/mol. The molecule has 0 unspecified atom stereocenters. The molecule has 5 nitrogen and oxygen atoms in total. The maximum Gasteiger partial charge on any atom is 0.343 e. The number of hydrogen-bond acceptors (Lipinski definition) is 6. The number of nitrogens with zero attached hydrogens (tertiary/aromatic N) is 1. The molecule has 0 aromatic carbocycles. The zero-order valence-corrected chi connectivity index (χ0v) is 12.8. The predicted octanol–water partition coefficient (Wildman–Crippen LogP) is 2.43. The quantitative estimate of drug-likeness (QED) is 0.810. The number of carbonyl (C=O) groups excluding carboxylic acids is 1. The highest BCUT2D eigenvalue weighted by atomic mass is 32.2. The normalized spacial score (nSPS) is 11.0. The van der Waals surface area contributed by atoms with Gasteiger partial charge < -0.3 is 14.8 Å². The van der Waals surface area contributed by atoms with E-state index in [1.165, 1.54) is 14.2 Å². The minimum Gasteiger partial charge on any atom is -0.480 e. The van der Waals surface area contributed by atoms with Crippen LogP contribution in [0.1, 0.15) is 24.2 Å². The van der Waals surface area contributed by atoms with Crippen molar-refractivity contribution in [3.8, 4) is 5.88 Å². The van der Waals surface area contributed by atoms with Crippen LogP contribution in [0.4, 0.5) is 5.82 Å². The Morgan fingerprint density at radius 1 is 1.42 bits per heavy atom. The van der Waals surface area contributed by atoms with E-state index in [9.17, 15) is 4.79 Å². The monoisotopic (exact) mass is 284 g/mol. The maximum atomic E-state index is 11.5. The Balaban J connectivity index is 2.86. The molecule has 1 aromatic rings. The second-order valence-corrected chi connectivity index (χ2v) is 6.08. The zero-order valence-electron chi connectivity index (χ0n) is 11.9. The first-order valence-electron chi connectivity index (χ1n) is 5.86. The topological polar surface area (TPSA) is 60.5 Å². The molecule has 6 heteroatoms. The van der Waals surface area contributed by atoms with Crippen LogP contribution in [0.2, 0.25) is 0 Å². The molecule has 0 fully saturated rings. The molecular formula is C13H20N2O3S. The van der Waals surface area contributed by atoms with Gasteiger partial charge in [0.05, 0.1) is 14.2 Å². The summed E-state index contributed by atoms with van der Waals surface area (Å²) < 4.78 is 9.88. The van der Waals surface area contributed by atoms with Crippen molar-refractivity contribution < 1.29 is 14.3 Å². The molecule has 0 radical (unpaired) electrons. The Bertz CT molecular complexity index is 450. The Kier molecular flexibility index (Phi) is 5.47. The molecule has 0 aliphatic rings. The SMILES string of the molecule is COC(=O)c1ccc(NCC(C)(C)SC)nc1OC. The standard InChI is InChI=1S/C13H20N2O3S/c1-13(2,19-5)8-14-10-7-6-9(12(16)18-4)11(15-10)17-3/h6-7H,8H2,1-5H3,(H,14,15). The maximum absolute atomic E-state index is 11.5. The van der Waals surface area contributed by atoms with E-state index in [-0.39, 0.29) is 10.6 Å². The molecular weight excluding hydrogens is 264 g/mol. The largest absolute Gasteiger partial charge is 0.480 e. The van der Waals surface area contributed by atoms with Crippen molar-refractivity contribution >= 4 is 23.5 Å². The van der Waals surface area contributed by atoms with Gasteiger partial charge in [0.2, 0.25) is 5.88 Å². The summed E-state index contributed by atoms with van der Waals surface area (Å²) in [5.74, 6) is 0.478. The molecule has 0 aliphatic heterocycles. The van der Waals surface area contributed by atoms with Crippen molar-refractivity contribution in [3.05, 3.63) is 17.7 Å². The van der Waals surface area contributed by atoms with Crippen LogP contribution < -0.4 is 10.1 Å². The molecule has 0 aliphatic carbocycles. The summed E-state index contributed by atoms with van der Waals surface area (Å²) in [5, 5.41) is 3.23. The first-order valence-corrected chi connectivity index (χ1v) is 7.08. The number of pyridine rings is 1. The lowest BCUT2D eigenvalue weighted by Gasteiger charge is -2.22. The summed E-state index contributed by atoms with van der Waals surface area (Å²) in [6.07, 6.45) is 2.07. The molecule has 0 spiro atoms. The van der Waals surface area contributed by atoms with Crippen molar-refractivity contribution in [3.63, 3.8) is 0 Å². The summed E-state index contributed by atoms with van der Waals surface area (Å²) in [6, 6.07) is 3.39. The van der Waals surface area contributed by atoms with Gasteiger partial charge in [0.15, 0.2) is 0 Å². The number of thioether (sulfide) groups is 1. The number of carbonyl (C=O) groups is 1. The molecule has 0 atom stereocenters. The molecule has 1 aromatic heterocycles. The van der Waals surface area contributed by atoms with Gasteiger partial charge in [-0.05, 0) is 32.2 Å². The van der Waals surface area contributed by atoms with Gasteiger partial charge in [0, 0.05) is 11.3 Å². The van der Waals surface area contributed by atoms with Crippen LogP contribution in [0.25, 0.3) is 0 Å². The molecule has 106 valence electrons. The van der Waals surface area contributed by atoms with E-state index in [1.807, 2.05) is 0 Å². The van der Waals surface area contributed by atoms with Crippen molar-refractivity contribution in [2.45, 2.75) is 18.6 Å². The van der Waals surface area contributed by atoms with Gasteiger partial charge in [-0.15, -0.1) is 0 Å². The number of methoxy groups -OCH3 is 2. The molecule has 19 heavy (non-hydrogen) atoms. The van der Waals surface area contributed by atoms with Crippen LogP contribution in [0.15, 0.2) is 12.1 Å². The molecule has 1 rings (SSSR count). The summed E-state index contributed by atoms with van der Waals surface area (Å²) in [7, 11) is 2.80. The first kappa shape index (κ1) is 15.6. The second-order valence-electron chi connectivity index (χ2n) is 4.56. The van der Waals surface area contributed by atoms with Gasteiger partial charge in [-0.2, -0.15) is 16.7 Å². The Morgan fingerprint density at radius 3 is 2.63 bits per heavy atom. The van der Waals surface area contributed by atoms with Gasteiger partial charge in [-0.1, -0.05) is 0 Å². The number of ether oxygens (including phenoxy) is 2. The molecule has 1 N–H and O–H groups in total. The number of nitrogens with one attached hydrogen (secondary N) is 1. The van der Waals surface area contributed by atoms with E-state index in [2.05, 4.69) is 35.1 Å². The fourth-order valence-corrected chi connectivity index (χ4v) is 1.55. The minimum absolute atomic E-state index is 0.107. The van der Waals surface area contributed by atoms with Crippen molar-refractivity contribution in [1.82, 2.24) is 4.98 Å². The molecule has 0 bridgehead atoms. The second kappa shape index (κ2) is 6.65. The van der Waals surface area contributed by atoms with Crippen molar-refractivity contribution in [2.24, 2.45) is 0 Å². The number of esters is 1. The fraction of sp³-hybridized carbons (Fsp3) is 0.538. The Hall–Kier alpha value is -1.43. The third-order valence-corrected chi connectivity index (χ3v) is 3.96. The van der Waals surface area contributed by atoms with Gasteiger partial charge >= 0.3 is 5.97 Å². The van der Waals surface area contributed by atoms with Gasteiger partial charge in [0.1, 0.15) is 11.4 Å². The number of anilines is 1. The third-order valence-electron chi connectivity index (χ3n) is 2.71. The van der Waals surface area contributed by atoms with Gasteiger partial charge in [-0.3, -0.25) is 0 Å². The summed E-state index contributed by atoms with van der Waals surface area (Å²) in [4.78, 5) is 15.8. The lowest BCUT2D eigenvalue weighted by atomic mass is 10.2. The fourth-order valence-electron chi connectivity index (χ4n) is 1.34. The highest BCUT2D eigenvalue weighted by Gasteiger charge is 2.18. The zero-order chi connectivity index (χ0) is 14.5. The lowest BCUT2D eigenvalue weighted by molar-refractivity contribution is 0.0596. The lowest BCUT2D eigenvalue weighted by Crippen LogP contribution is -2.26. The minimum atomic E-state index is -0.458. The average Bonchev–Trinajstić information content (AvgIpc) is 2.44. The Morgan fingerprint density at radius 2 is 2.11 bits per heavy atom. The van der Waals surface area contributed by atoms with Crippen LogP contribution in [-0.4, -0.2) is 42.7 Å². The highest BCUT2D eigenvalue weighted by molar-refractivity contribution is 7.99. The molecule has 0 saturated carbocycles.